The van der Waals surface area contributed by atoms with Gasteiger partial charge in [0.1, 0.15) is 6.17 Å². The minimum Gasteiger partial charge on any atom is -0.469 e. The lowest BCUT2D eigenvalue weighted by atomic mass is 9.43. The molecule has 3 heteroatoms. The Hall–Kier alpha value is -0.600. The van der Waals surface area contributed by atoms with Gasteiger partial charge in [0.2, 0.25) is 0 Å². The van der Waals surface area contributed by atoms with Crippen LogP contribution in [0.25, 0.3) is 0 Å². The average Bonchev–Trinajstić information content (AvgIpc) is 3.04. The number of ether oxygens (including phenoxy) is 1. The number of carbonyl (C=O) groups is 1. The number of esters is 1. The molecule has 0 aliphatic heterocycles. The molecule has 166 valence electrons. The second-order valence-electron chi connectivity index (χ2n) is 11.9. The summed E-state index contributed by atoms with van der Waals surface area (Å²) in [4.78, 5) is 11.6. The number of hydrogen-bond acceptors (Lipinski definition) is 2. The SMILES string of the molecule is COC(=O)CC[C@@H](C)[C@H]1CC[C@H]2[C@@H]3C(F)C[C@@H]4C[C@H](C)CC[C@]4(C)[C@H]3CC[C@]12C. The number of halogens is 1. The van der Waals surface area contributed by atoms with Crippen LogP contribution >= 0.6 is 0 Å². The van der Waals surface area contributed by atoms with Crippen LogP contribution in [0.4, 0.5) is 4.39 Å². The van der Waals surface area contributed by atoms with Gasteiger partial charge in [-0.05, 0) is 104 Å². The zero-order valence-electron chi connectivity index (χ0n) is 19.4. The Morgan fingerprint density at radius 2 is 1.76 bits per heavy atom. The molecule has 4 aliphatic carbocycles. The fourth-order valence-electron chi connectivity index (χ4n) is 9.01. The Labute approximate surface area is 177 Å². The lowest BCUT2D eigenvalue weighted by Crippen LogP contribution is -2.57. The zero-order valence-corrected chi connectivity index (χ0v) is 19.4. The summed E-state index contributed by atoms with van der Waals surface area (Å²) in [5, 5.41) is 0. The predicted octanol–water partition coefficient (Wildman–Crippen LogP) is 6.82. The van der Waals surface area contributed by atoms with E-state index in [-0.39, 0.29) is 17.3 Å². The van der Waals surface area contributed by atoms with Crippen LogP contribution in [-0.4, -0.2) is 19.3 Å². The molecule has 4 fully saturated rings. The van der Waals surface area contributed by atoms with E-state index in [0.29, 0.717) is 41.4 Å². The van der Waals surface area contributed by atoms with Crippen molar-refractivity contribution in [3.8, 4) is 0 Å². The molecule has 4 rings (SSSR count). The fourth-order valence-corrected chi connectivity index (χ4v) is 9.01. The van der Waals surface area contributed by atoms with Crippen molar-refractivity contribution >= 4 is 5.97 Å². The van der Waals surface area contributed by atoms with Gasteiger partial charge in [-0.25, -0.2) is 4.39 Å². The molecule has 4 aliphatic rings. The van der Waals surface area contributed by atoms with Gasteiger partial charge in [0, 0.05) is 6.42 Å². The Kier molecular flexibility index (Phi) is 5.84. The van der Waals surface area contributed by atoms with Gasteiger partial charge < -0.3 is 4.74 Å². The van der Waals surface area contributed by atoms with E-state index in [1.807, 2.05) is 0 Å². The van der Waals surface area contributed by atoms with Crippen molar-refractivity contribution in [1.29, 1.82) is 0 Å². The monoisotopic (exact) mass is 406 g/mol. The number of fused-ring (bicyclic) bond motifs is 5. The van der Waals surface area contributed by atoms with Gasteiger partial charge in [0.25, 0.3) is 0 Å². The van der Waals surface area contributed by atoms with Crippen molar-refractivity contribution in [1.82, 2.24) is 0 Å². The highest BCUT2D eigenvalue weighted by atomic mass is 19.1. The summed E-state index contributed by atoms with van der Waals surface area (Å²) in [6.45, 7) is 9.70. The lowest BCUT2D eigenvalue weighted by Gasteiger charge is -2.62. The molecule has 29 heavy (non-hydrogen) atoms. The van der Waals surface area contributed by atoms with Gasteiger partial charge in [0.05, 0.1) is 7.11 Å². The predicted molar refractivity (Wildman–Crippen MR) is 115 cm³/mol. The van der Waals surface area contributed by atoms with Crippen molar-refractivity contribution in [3.05, 3.63) is 0 Å². The van der Waals surface area contributed by atoms with Crippen LogP contribution in [0.3, 0.4) is 0 Å². The van der Waals surface area contributed by atoms with Crippen LogP contribution in [0.2, 0.25) is 0 Å². The Morgan fingerprint density at radius 3 is 2.48 bits per heavy atom. The molecular formula is C26H43FO2. The second-order valence-corrected chi connectivity index (χ2v) is 11.9. The topological polar surface area (TPSA) is 26.3 Å². The Bertz CT molecular complexity index is 620. The molecule has 1 unspecified atom stereocenters. The molecule has 0 aromatic rings. The number of methoxy groups -OCH3 is 1. The summed E-state index contributed by atoms with van der Waals surface area (Å²) in [5.74, 6) is 3.83. The maximum atomic E-state index is 15.8. The first-order valence-electron chi connectivity index (χ1n) is 12.4. The van der Waals surface area contributed by atoms with Gasteiger partial charge in [-0.3, -0.25) is 4.79 Å². The van der Waals surface area contributed by atoms with Gasteiger partial charge in [-0.2, -0.15) is 0 Å². The summed E-state index contributed by atoms with van der Waals surface area (Å²) in [6.07, 6.45) is 10.4. The van der Waals surface area contributed by atoms with E-state index in [1.54, 1.807) is 0 Å². The van der Waals surface area contributed by atoms with E-state index in [9.17, 15) is 4.79 Å². The normalized spacial score (nSPS) is 50.2. The minimum atomic E-state index is -0.600. The molecule has 0 aromatic heterocycles. The Balaban J connectivity index is 1.53. The molecule has 4 saturated carbocycles. The van der Waals surface area contributed by atoms with Crippen molar-refractivity contribution < 1.29 is 13.9 Å². The zero-order chi connectivity index (χ0) is 21.0. The van der Waals surface area contributed by atoms with Crippen molar-refractivity contribution in [3.63, 3.8) is 0 Å². The largest absolute Gasteiger partial charge is 0.469 e. The second kappa shape index (κ2) is 7.83. The van der Waals surface area contributed by atoms with Crippen molar-refractivity contribution in [2.45, 2.75) is 98.1 Å². The third kappa shape index (κ3) is 3.47. The third-order valence-corrected chi connectivity index (χ3v) is 10.7. The summed E-state index contributed by atoms with van der Waals surface area (Å²) in [5.41, 5.74) is 0.627. The lowest BCUT2D eigenvalue weighted by molar-refractivity contribution is -0.151. The first-order valence-corrected chi connectivity index (χ1v) is 12.4. The van der Waals surface area contributed by atoms with Crippen LogP contribution < -0.4 is 0 Å². The molecule has 0 saturated heterocycles. The number of rotatable bonds is 4. The highest BCUT2D eigenvalue weighted by Crippen LogP contribution is 2.69. The van der Waals surface area contributed by atoms with E-state index in [0.717, 1.165) is 18.8 Å². The van der Waals surface area contributed by atoms with E-state index in [4.69, 9.17) is 4.74 Å². The highest BCUT2D eigenvalue weighted by Gasteiger charge is 2.63. The molecule has 0 spiro atoms. The maximum absolute atomic E-state index is 15.8. The van der Waals surface area contributed by atoms with Crippen molar-refractivity contribution in [2.24, 2.45) is 52.3 Å². The summed E-state index contributed by atoms with van der Waals surface area (Å²) >= 11 is 0. The Morgan fingerprint density at radius 1 is 1.07 bits per heavy atom. The minimum absolute atomic E-state index is 0.0955. The van der Waals surface area contributed by atoms with Crippen molar-refractivity contribution in [2.75, 3.05) is 7.11 Å². The first-order chi connectivity index (χ1) is 13.7. The van der Waals surface area contributed by atoms with Crippen LogP contribution in [0.1, 0.15) is 91.9 Å². The highest BCUT2D eigenvalue weighted by molar-refractivity contribution is 5.69. The maximum Gasteiger partial charge on any atom is 0.305 e. The summed E-state index contributed by atoms with van der Waals surface area (Å²) in [6, 6.07) is 0. The molecule has 2 nitrogen and oxygen atoms in total. The van der Waals surface area contributed by atoms with Crippen LogP contribution in [0.5, 0.6) is 0 Å². The number of carbonyl (C=O) groups excluding carboxylic acids is 1. The van der Waals surface area contributed by atoms with E-state index in [2.05, 4.69) is 27.7 Å². The fraction of sp³-hybridized carbons (Fsp3) is 0.962. The van der Waals surface area contributed by atoms with E-state index < -0.39 is 6.17 Å². The van der Waals surface area contributed by atoms with Gasteiger partial charge in [0.15, 0.2) is 0 Å². The van der Waals surface area contributed by atoms with Crippen LogP contribution in [0, 0.1) is 52.3 Å². The van der Waals surface area contributed by atoms with E-state index >= 15 is 4.39 Å². The quantitative estimate of drug-likeness (QED) is 0.479. The molecule has 0 aromatic carbocycles. The van der Waals surface area contributed by atoms with Crippen LogP contribution in [0.15, 0.2) is 0 Å². The first kappa shape index (κ1) is 21.6. The molecule has 10 atom stereocenters. The summed E-state index contributed by atoms with van der Waals surface area (Å²) < 4.78 is 20.6. The third-order valence-electron chi connectivity index (χ3n) is 10.7. The summed E-state index contributed by atoms with van der Waals surface area (Å²) in [7, 11) is 1.48. The molecule has 0 bridgehead atoms. The van der Waals surface area contributed by atoms with Gasteiger partial charge in [-0.15, -0.1) is 0 Å². The number of hydrogen-bond donors (Lipinski definition) is 0. The molecule has 0 amide bonds. The van der Waals surface area contributed by atoms with Crippen LogP contribution in [-0.2, 0) is 9.53 Å². The van der Waals surface area contributed by atoms with Gasteiger partial charge in [-0.1, -0.05) is 34.1 Å². The number of alkyl halides is 1. The molecular weight excluding hydrogens is 363 g/mol. The standard InChI is InChI=1S/C26H43FO2/c1-16-10-12-25(3)18(14-16)15-22(27)24-20-8-7-19(17(2)6-9-23(28)29-5)26(20,4)13-11-21(24)25/h16-22,24H,6-15H2,1-5H3/t16-,17-,18+,19-,20+,21+,22?,24+,25+,26-/m1/s1. The smallest absolute Gasteiger partial charge is 0.305 e. The van der Waals surface area contributed by atoms with E-state index in [1.165, 1.54) is 52.1 Å². The average molecular weight is 407 g/mol. The van der Waals surface area contributed by atoms with Gasteiger partial charge >= 0.3 is 5.97 Å². The molecule has 0 N–H and O–H groups in total. The molecule has 0 radical (unpaired) electrons. The molecule has 0 heterocycles.